The Morgan fingerprint density at radius 2 is 1.81 bits per heavy atom. The molecule has 2 amide bonds. The number of hydrogen-bond acceptors (Lipinski definition) is 3. The van der Waals surface area contributed by atoms with Gasteiger partial charge in [-0.1, -0.05) is 32.4 Å². The minimum atomic E-state index is -0.335. The first-order chi connectivity index (χ1) is 12.8. The summed E-state index contributed by atoms with van der Waals surface area (Å²) in [6, 6.07) is 7.08. The lowest BCUT2D eigenvalue weighted by atomic mass is 9.93. The molecule has 2 atom stereocenters. The predicted molar refractivity (Wildman–Crippen MR) is 108 cm³/mol. The van der Waals surface area contributed by atoms with E-state index in [-0.39, 0.29) is 35.5 Å². The van der Waals surface area contributed by atoms with Gasteiger partial charge < -0.3 is 9.80 Å². The van der Waals surface area contributed by atoms with E-state index in [1.165, 1.54) is 0 Å². The number of carbonyl (C=O) groups is 2. The molecule has 3 rings (SSSR count). The van der Waals surface area contributed by atoms with Crippen molar-refractivity contribution in [3.8, 4) is 0 Å². The average molecular weight is 392 g/mol. The lowest BCUT2D eigenvalue weighted by molar-refractivity contribution is -0.136. The van der Waals surface area contributed by atoms with Crippen molar-refractivity contribution >= 4 is 23.4 Å². The second kappa shape index (κ2) is 7.80. The van der Waals surface area contributed by atoms with Crippen LogP contribution in [0.15, 0.2) is 24.3 Å². The van der Waals surface area contributed by atoms with Gasteiger partial charge in [0.1, 0.15) is 0 Å². The van der Waals surface area contributed by atoms with Gasteiger partial charge in [0.25, 0.3) is 5.91 Å². The minimum absolute atomic E-state index is 0.0290. The zero-order valence-electron chi connectivity index (χ0n) is 16.7. The normalized spacial score (nSPS) is 23.3. The highest BCUT2D eigenvalue weighted by Crippen LogP contribution is 2.36. The molecule has 27 heavy (non-hydrogen) atoms. The van der Waals surface area contributed by atoms with E-state index < -0.39 is 0 Å². The fourth-order valence-electron chi connectivity index (χ4n) is 4.29. The van der Waals surface area contributed by atoms with E-state index in [0.29, 0.717) is 23.7 Å². The molecule has 5 nitrogen and oxygen atoms in total. The largest absolute Gasteiger partial charge is 0.338 e. The molecule has 0 bridgehead atoms. The third-order valence-corrected chi connectivity index (χ3v) is 6.31. The maximum atomic E-state index is 13.1. The van der Waals surface area contributed by atoms with Gasteiger partial charge in [-0.3, -0.25) is 14.9 Å². The van der Waals surface area contributed by atoms with Crippen molar-refractivity contribution in [2.45, 2.75) is 64.7 Å². The number of likely N-dealkylation sites (tertiary alicyclic amines) is 1. The van der Waals surface area contributed by atoms with E-state index in [0.717, 1.165) is 19.3 Å². The van der Waals surface area contributed by atoms with E-state index in [9.17, 15) is 9.59 Å². The molecule has 2 aliphatic rings. The van der Waals surface area contributed by atoms with E-state index >= 15 is 0 Å². The highest BCUT2D eigenvalue weighted by molar-refractivity contribution is 6.30. The average Bonchev–Trinajstić information content (AvgIpc) is 2.94. The van der Waals surface area contributed by atoms with Gasteiger partial charge in [-0.25, -0.2) is 0 Å². The van der Waals surface area contributed by atoms with Gasteiger partial charge in [0.15, 0.2) is 0 Å². The molecule has 2 fully saturated rings. The number of amides is 2. The van der Waals surface area contributed by atoms with Crippen LogP contribution in [0.4, 0.5) is 0 Å². The maximum Gasteiger partial charge on any atom is 0.253 e. The van der Waals surface area contributed by atoms with Gasteiger partial charge in [0.05, 0.1) is 11.7 Å². The van der Waals surface area contributed by atoms with Crippen molar-refractivity contribution in [1.82, 2.24) is 15.1 Å². The van der Waals surface area contributed by atoms with Crippen LogP contribution in [0, 0.1) is 5.92 Å². The maximum absolute atomic E-state index is 13.1. The summed E-state index contributed by atoms with van der Waals surface area (Å²) in [5.41, 5.74) is 0.322. The van der Waals surface area contributed by atoms with Gasteiger partial charge in [-0.15, -0.1) is 0 Å². The summed E-state index contributed by atoms with van der Waals surface area (Å²) >= 11 is 5.93. The van der Waals surface area contributed by atoms with Crippen molar-refractivity contribution < 1.29 is 9.59 Å². The topological polar surface area (TPSA) is 52.7 Å². The molecular formula is C21H30ClN3O2. The summed E-state index contributed by atoms with van der Waals surface area (Å²) in [5.74, 6) is 0.482. The molecule has 0 unspecified atom stereocenters. The summed E-state index contributed by atoms with van der Waals surface area (Å²) in [5, 5.41) is 4.28. The van der Waals surface area contributed by atoms with Gasteiger partial charge in [-0.05, 0) is 43.5 Å². The van der Waals surface area contributed by atoms with Crippen LogP contribution in [-0.4, -0.2) is 52.5 Å². The van der Waals surface area contributed by atoms with Crippen LogP contribution < -0.4 is 5.32 Å². The Morgan fingerprint density at radius 1 is 1.22 bits per heavy atom. The van der Waals surface area contributed by atoms with Gasteiger partial charge in [0.2, 0.25) is 5.91 Å². The van der Waals surface area contributed by atoms with Crippen molar-refractivity contribution in [2.75, 3.05) is 13.1 Å². The lowest BCUT2D eigenvalue weighted by Gasteiger charge is -2.46. The van der Waals surface area contributed by atoms with Crippen LogP contribution in [0.5, 0.6) is 0 Å². The highest BCUT2D eigenvalue weighted by atomic mass is 35.5. The number of carbonyl (C=O) groups excluding carboxylic acids is 2. The number of nitrogens with one attached hydrogen (secondary N) is 1. The molecule has 2 aliphatic heterocycles. The van der Waals surface area contributed by atoms with E-state index in [4.69, 9.17) is 11.6 Å². The second-order valence-electron chi connectivity index (χ2n) is 8.16. The molecular weight excluding hydrogens is 362 g/mol. The van der Waals surface area contributed by atoms with E-state index in [2.05, 4.69) is 37.9 Å². The smallest absolute Gasteiger partial charge is 0.253 e. The number of piperidine rings is 1. The predicted octanol–water partition coefficient (Wildman–Crippen LogP) is 3.53. The zero-order chi connectivity index (χ0) is 19.8. The first kappa shape index (κ1) is 20.2. The molecule has 2 heterocycles. The summed E-state index contributed by atoms with van der Waals surface area (Å²) in [7, 11) is 0. The number of halogens is 1. The van der Waals surface area contributed by atoms with Crippen LogP contribution in [0.25, 0.3) is 0 Å². The van der Waals surface area contributed by atoms with Crippen molar-refractivity contribution in [3.63, 3.8) is 0 Å². The van der Waals surface area contributed by atoms with Gasteiger partial charge >= 0.3 is 0 Å². The Kier molecular flexibility index (Phi) is 5.82. The molecule has 1 aromatic rings. The van der Waals surface area contributed by atoms with Crippen LogP contribution in [0.2, 0.25) is 5.02 Å². The van der Waals surface area contributed by atoms with Gasteiger partial charge in [0, 0.05) is 42.6 Å². The summed E-state index contributed by atoms with van der Waals surface area (Å²) < 4.78 is 0. The third-order valence-electron chi connectivity index (χ3n) is 6.06. The van der Waals surface area contributed by atoms with E-state index in [1.54, 1.807) is 24.3 Å². The highest BCUT2D eigenvalue weighted by Gasteiger charge is 2.53. The Balaban J connectivity index is 1.76. The van der Waals surface area contributed by atoms with Crippen molar-refractivity contribution in [1.29, 1.82) is 0 Å². The summed E-state index contributed by atoms with van der Waals surface area (Å²) in [6.45, 7) is 9.69. The summed E-state index contributed by atoms with van der Waals surface area (Å²) in [4.78, 5) is 29.8. The number of benzene rings is 1. The number of rotatable bonds is 4. The Morgan fingerprint density at radius 3 is 2.33 bits per heavy atom. The molecule has 6 heteroatoms. The van der Waals surface area contributed by atoms with Crippen LogP contribution in [0.1, 0.15) is 57.3 Å². The molecule has 148 valence electrons. The fraction of sp³-hybridized carbons (Fsp3) is 0.619. The van der Waals surface area contributed by atoms with Gasteiger partial charge in [-0.2, -0.15) is 0 Å². The zero-order valence-corrected chi connectivity index (χ0v) is 17.4. The second-order valence-corrected chi connectivity index (χ2v) is 8.60. The monoisotopic (exact) mass is 391 g/mol. The standard InChI is InChI=1S/C21H30ClN3O2/c1-5-15(4)25-20(27)18(14(2)3)23-21(25)10-12-24(13-11-21)19(26)16-6-8-17(22)9-7-16/h6-9,14-15,18,23H,5,10-13H2,1-4H3/t15-,18-/m1/s1. The Hall–Kier alpha value is -1.59. The molecule has 0 aliphatic carbocycles. The first-order valence-electron chi connectivity index (χ1n) is 9.95. The third kappa shape index (κ3) is 3.72. The van der Waals surface area contributed by atoms with Crippen LogP contribution >= 0.6 is 11.6 Å². The molecule has 0 aromatic heterocycles. The van der Waals surface area contributed by atoms with E-state index in [1.807, 2.05) is 4.90 Å². The molecule has 1 N–H and O–H groups in total. The molecule has 1 spiro atoms. The molecule has 0 saturated carbocycles. The fourth-order valence-corrected chi connectivity index (χ4v) is 4.42. The number of nitrogens with zero attached hydrogens (tertiary/aromatic N) is 2. The Bertz CT molecular complexity index is 696. The van der Waals surface area contributed by atoms with Crippen LogP contribution in [0.3, 0.4) is 0 Å². The molecule has 0 radical (unpaired) electrons. The molecule has 2 saturated heterocycles. The lowest BCUT2D eigenvalue weighted by Crippen LogP contribution is -2.61. The first-order valence-corrected chi connectivity index (χ1v) is 10.3. The van der Waals surface area contributed by atoms with Crippen LogP contribution in [-0.2, 0) is 4.79 Å². The number of hydrogen-bond donors (Lipinski definition) is 1. The molecule has 1 aromatic carbocycles. The quantitative estimate of drug-likeness (QED) is 0.854. The minimum Gasteiger partial charge on any atom is -0.338 e. The van der Waals surface area contributed by atoms with Crippen molar-refractivity contribution in [3.05, 3.63) is 34.9 Å². The van der Waals surface area contributed by atoms with Crippen molar-refractivity contribution in [2.24, 2.45) is 5.92 Å². The SMILES string of the molecule is CC[C@@H](C)N1C(=O)[C@@H](C(C)C)NC12CCN(C(=O)c1ccc(Cl)cc1)CC2. The Labute approximate surface area is 167 Å². The summed E-state index contributed by atoms with van der Waals surface area (Å²) in [6.07, 6.45) is 2.44.